The van der Waals surface area contributed by atoms with E-state index in [2.05, 4.69) is 10.6 Å². The first-order chi connectivity index (χ1) is 23.9. The van der Waals surface area contributed by atoms with E-state index in [-0.39, 0.29) is 49.8 Å². The normalized spacial score (nSPS) is 24.8. The summed E-state index contributed by atoms with van der Waals surface area (Å²) in [6.07, 6.45) is 0.833. The van der Waals surface area contributed by atoms with Gasteiger partial charge < -0.3 is 34.4 Å². The number of halogens is 2. The molecule has 3 heterocycles. The quantitative estimate of drug-likeness (QED) is 0.165. The van der Waals surface area contributed by atoms with E-state index in [0.717, 1.165) is 30.5 Å². The maximum Gasteiger partial charge on any atom is 0.264 e. The first-order valence-electron chi connectivity index (χ1n) is 17.4. The molecule has 0 bridgehead atoms. The topological polar surface area (TPSA) is 111 Å². The Morgan fingerprint density at radius 1 is 1.12 bits per heavy atom. The van der Waals surface area contributed by atoms with E-state index in [1.165, 1.54) is 0 Å². The predicted octanol–water partition coefficient (Wildman–Crippen LogP) is 6.01. The van der Waals surface area contributed by atoms with Crippen molar-refractivity contribution in [1.82, 2.24) is 10.2 Å². The fraction of sp³-hybridized carbons (Fsp3) is 0.447. The van der Waals surface area contributed by atoms with E-state index in [4.69, 9.17) is 16.3 Å². The van der Waals surface area contributed by atoms with Crippen LogP contribution in [0.3, 0.4) is 0 Å². The molecule has 0 saturated carbocycles. The number of carbonyl (C=O) groups excluding carboxylic acids is 3. The fourth-order valence-electron chi connectivity index (χ4n) is 8.09. The summed E-state index contributed by atoms with van der Waals surface area (Å²) >= 11 is 6.53. The second-order valence-corrected chi connectivity index (χ2v) is 18.5. The number of amides is 3. The Bertz CT molecular complexity index is 1700. The zero-order chi connectivity index (χ0) is 35.6. The van der Waals surface area contributed by atoms with Gasteiger partial charge in [0.25, 0.3) is 5.91 Å². The van der Waals surface area contributed by atoms with Crippen LogP contribution < -0.4 is 15.5 Å². The summed E-state index contributed by atoms with van der Waals surface area (Å²) in [5, 5.41) is 16.5. The third kappa shape index (κ3) is 7.25. The zero-order valence-corrected chi connectivity index (χ0v) is 30.6. The first kappa shape index (κ1) is 36.2. The average Bonchev–Trinajstić information content (AvgIpc) is 3.52. The lowest BCUT2D eigenvalue weighted by atomic mass is 9.82. The Hall–Kier alpha value is -3.61. The van der Waals surface area contributed by atoms with Crippen LogP contribution in [0.5, 0.6) is 0 Å². The lowest BCUT2D eigenvalue weighted by Crippen LogP contribution is -2.45. The second-order valence-electron chi connectivity index (χ2n) is 14.3. The molecule has 50 heavy (non-hydrogen) atoms. The van der Waals surface area contributed by atoms with Crippen LogP contribution in [0.2, 0.25) is 23.7 Å². The summed E-state index contributed by atoms with van der Waals surface area (Å²) < 4.78 is 23.1. The Kier molecular flexibility index (Phi) is 10.8. The van der Waals surface area contributed by atoms with Gasteiger partial charge in [0.2, 0.25) is 20.2 Å². The Balaban J connectivity index is 1.26. The van der Waals surface area contributed by atoms with Gasteiger partial charge in [0.1, 0.15) is 0 Å². The van der Waals surface area contributed by atoms with E-state index in [9.17, 15) is 19.5 Å². The number of anilines is 2. The summed E-state index contributed by atoms with van der Waals surface area (Å²) in [7, 11) is -3.52. The summed E-state index contributed by atoms with van der Waals surface area (Å²) in [6, 6.07) is 22.2. The molecule has 3 aliphatic rings. The molecule has 3 N–H and O–H groups in total. The van der Waals surface area contributed by atoms with Crippen LogP contribution in [0.1, 0.15) is 42.9 Å². The van der Waals surface area contributed by atoms with Crippen LogP contribution in [-0.2, 0) is 37.8 Å². The van der Waals surface area contributed by atoms with Gasteiger partial charge in [0, 0.05) is 47.4 Å². The van der Waals surface area contributed by atoms with Gasteiger partial charge in [-0.2, -0.15) is 0 Å². The summed E-state index contributed by atoms with van der Waals surface area (Å²) in [5.41, 5.74) is 1.42. The van der Waals surface area contributed by atoms with Gasteiger partial charge >= 0.3 is 0 Å². The van der Waals surface area contributed by atoms with Crippen molar-refractivity contribution in [2.24, 2.45) is 11.8 Å². The minimum absolute atomic E-state index is 0.0127. The maximum atomic E-state index is 16.4. The van der Waals surface area contributed by atoms with Gasteiger partial charge in [-0.1, -0.05) is 61.0 Å². The van der Waals surface area contributed by atoms with Crippen LogP contribution >= 0.6 is 11.6 Å². The number of aliphatic hydroxyl groups excluding tert-OH is 1. The van der Waals surface area contributed by atoms with Crippen molar-refractivity contribution in [3.05, 3.63) is 94.5 Å². The molecule has 1 spiro atoms. The number of rotatable bonds is 11. The van der Waals surface area contributed by atoms with Crippen molar-refractivity contribution in [3.63, 3.8) is 0 Å². The number of ether oxygens (including phenoxy) is 1. The van der Waals surface area contributed by atoms with Gasteiger partial charge in [-0.05, 0) is 73.9 Å². The number of carbonyl (C=O) groups is 3. The molecule has 5 atom stereocenters. The lowest BCUT2D eigenvalue weighted by molar-refractivity contribution is -0.150. The highest BCUT2D eigenvalue weighted by Crippen LogP contribution is 2.60. The van der Waals surface area contributed by atoms with Gasteiger partial charge in [0.15, 0.2) is 5.60 Å². The maximum absolute atomic E-state index is 16.4. The number of hydrogen-bond donors (Lipinski definition) is 3. The van der Waals surface area contributed by atoms with Crippen molar-refractivity contribution < 1.29 is 28.3 Å². The predicted molar refractivity (Wildman–Crippen MR) is 195 cm³/mol. The van der Waals surface area contributed by atoms with Crippen molar-refractivity contribution in [3.8, 4) is 0 Å². The largest absolute Gasteiger partial charge is 0.395 e. The van der Waals surface area contributed by atoms with Gasteiger partial charge in [-0.15, -0.1) is 0 Å². The molecule has 12 heteroatoms. The highest BCUT2D eigenvalue weighted by Gasteiger charge is 2.67. The van der Waals surface area contributed by atoms with Crippen molar-refractivity contribution >= 4 is 49.1 Å². The lowest BCUT2D eigenvalue weighted by Gasteiger charge is -2.31. The number of hydrogen-bond acceptors (Lipinski definition) is 6. The molecule has 3 amide bonds. The molecular weight excluding hydrogens is 675 g/mol. The van der Waals surface area contributed by atoms with Crippen molar-refractivity contribution in [2.45, 2.75) is 69.6 Å². The molecule has 3 aromatic rings. The van der Waals surface area contributed by atoms with E-state index < -0.39 is 31.6 Å². The summed E-state index contributed by atoms with van der Waals surface area (Å²) in [4.78, 5) is 44.6. The fourth-order valence-corrected chi connectivity index (χ4v) is 10.8. The van der Waals surface area contributed by atoms with Crippen molar-refractivity contribution in [2.75, 3.05) is 36.5 Å². The van der Waals surface area contributed by atoms with Gasteiger partial charge in [0.05, 0.1) is 37.3 Å². The molecule has 0 radical (unpaired) electrons. The van der Waals surface area contributed by atoms with E-state index in [1.807, 2.05) is 61.5 Å². The minimum Gasteiger partial charge on any atom is -0.395 e. The molecule has 9 nitrogen and oxygen atoms in total. The number of benzene rings is 3. The zero-order valence-electron chi connectivity index (χ0n) is 28.8. The van der Waals surface area contributed by atoms with Gasteiger partial charge in [-0.3, -0.25) is 14.4 Å². The van der Waals surface area contributed by atoms with Crippen molar-refractivity contribution in [1.29, 1.82) is 0 Å². The third-order valence-electron chi connectivity index (χ3n) is 10.5. The van der Waals surface area contributed by atoms with Gasteiger partial charge in [-0.25, -0.2) is 0 Å². The molecule has 6 rings (SSSR count). The van der Waals surface area contributed by atoms with Crippen LogP contribution in [0.4, 0.5) is 15.5 Å². The minimum atomic E-state index is -3.52. The van der Waals surface area contributed by atoms with Crippen LogP contribution in [0.25, 0.3) is 0 Å². The number of aliphatic hydroxyl groups is 1. The summed E-state index contributed by atoms with van der Waals surface area (Å²) in [5.74, 6) is -1.27. The molecular formula is C38H46ClFN4O5Si. The van der Waals surface area contributed by atoms with E-state index in [0.29, 0.717) is 35.1 Å². The van der Waals surface area contributed by atoms with E-state index in [1.54, 1.807) is 41.1 Å². The Morgan fingerprint density at radius 3 is 2.52 bits per heavy atom. The smallest absolute Gasteiger partial charge is 0.264 e. The molecule has 1 unspecified atom stereocenters. The number of piperidine rings is 1. The number of fused-ring (bicyclic) bond motifs is 2. The first-order valence-corrected chi connectivity index (χ1v) is 20.8. The second kappa shape index (κ2) is 14.9. The number of nitrogens with zero attached hydrogens (tertiary/aromatic N) is 2. The summed E-state index contributed by atoms with van der Waals surface area (Å²) in [6.45, 7) is 7.06. The Morgan fingerprint density at radius 2 is 1.86 bits per heavy atom. The van der Waals surface area contributed by atoms with Crippen LogP contribution in [-0.4, -0.2) is 68.5 Å². The van der Waals surface area contributed by atoms with Crippen LogP contribution in [0, 0.1) is 11.8 Å². The molecule has 2 saturated heterocycles. The molecule has 3 aromatic carbocycles. The highest BCUT2D eigenvalue weighted by atomic mass is 35.5. The number of nitrogens with one attached hydrogen (secondary N) is 2. The molecule has 0 aromatic heterocycles. The monoisotopic (exact) mass is 720 g/mol. The standard InChI is InChI=1S/C38H46ClFN4O5Si/c1-25-35(50(2,3)40)33(21-34(46)43(18-19-45)23-26-8-5-4-6-9-26)49-38(25)31-20-29(39)13-16-32(31)44(37(38)48)24-27-11-14-30(15-12-27)42-36(47)28-10-7-17-41-22-28/h4-6,8-9,11-16,20,25,28,33,35,41,45H,7,10,17-19,21-24H2,1-3H3,(H,42,47)/t25-,28?,33+,35-,38+/m1/s1. The third-order valence-corrected chi connectivity index (χ3v) is 13.2. The molecule has 3 aliphatic heterocycles. The van der Waals surface area contributed by atoms with E-state index >= 15 is 4.11 Å². The molecule has 0 aliphatic carbocycles. The Labute approximate surface area is 299 Å². The SMILES string of the molecule is C[C@@H]1[C@@H]([Si](C)(C)F)[C@H](CC(=O)N(CCO)Cc2ccccc2)O[C@@]12C(=O)N(Cc1ccc(NC(=O)C3CCCNC3)cc1)c1ccc(Cl)cc12. The highest BCUT2D eigenvalue weighted by molar-refractivity contribution is 6.72. The molecule has 266 valence electrons. The molecule has 2 fully saturated rings. The average molecular weight is 721 g/mol. The van der Waals surface area contributed by atoms with Crippen LogP contribution in [0.15, 0.2) is 72.8 Å².